The van der Waals surface area contributed by atoms with Gasteiger partial charge in [0.2, 0.25) is 5.91 Å². The van der Waals surface area contributed by atoms with Crippen LogP contribution in [0.5, 0.6) is 0 Å². The number of anilines is 2. The third-order valence-corrected chi connectivity index (χ3v) is 3.67. The van der Waals surface area contributed by atoms with Crippen LogP contribution in [0.2, 0.25) is 0 Å². The van der Waals surface area contributed by atoms with Gasteiger partial charge in [-0.3, -0.25) is 19.6 Å². The Labute approximate surface area is 151 Å². The summed E-state index contributed by atoms with van der Waals surface area (Å²) in [6.45, 7) is 0.307. The molecular formula is C19H19N5O2. The van der Waals surface area contributed by atoms with E-state index in [9.17, 15) is 9.59 Å². The fourth-order valence-corrected chi connectivity index (χ4v) is 2.51. The lowest BCUT2D eigenvalue weighted by molar-refractivity contribution is -0.116. The highest BCUT2D eigenvalue weighted by molar-refractivity contribution is 6.12. The SMILES string of the molecule is CN(C)CC(=O)Nc1ccc(NC(=O)c2ccnc3ccncc23)cc1. The van der Waals surface area contributed by atoms with Crippen LogP contribution in [-0.4, -0.2) is 47.3 Å². The molecule has 0 saturated heterocycles. The van der Waals surface area contributed by atoms with Gasteiger partial charge in [-0.15, -0.1) is 0 Å². The number of hydrogen-bond donors (Lipinski definition) is 2. The Kier molecular flexibility index (Phi) is 5.19. The third kappa shape index (κ3) is 4.20. The summed E-state index contributed by atoms with van der Waals surface area (Å²) < 4.78 is 0. The minimum Gasteiger partial charge on any atom is -0.325 e. The maximum Gasteiger partial charge on any atom is 0.256 e. The van der Waals surface area contributed by atoms with Crippen molar-refractivity contribution in [3.63, 3.8) is 0 Å². The molecule has 0 spiro atoms. The van der Waals surface area contributed by atoms with Gasteiger partial charge in [-0.2, -0.15) is 0 Å². The highest BCUT2D eigenvalue weighted by Crippen LogP contribution is 2.18. The van der Waals surface area contributed by atoms with Crippen molar-refractivity contribution in [1.82, 2.24) is 14.9 Å². The molecule has 0 aliphatic carbocycles. The number of likely N-dealkylation sites (N-methyl/N-ethyl adjacent to an activating group) is 1. The largest absolute Gasteiger partial charge is 0.325 e. The van der Waals surface area contributed by atoms with Gasteiger partial charge in [-0.25, -0.2) is 0 Å². The molecule has 0 unspecified atom stereocenters. The quantitative estimate of drug-likeness (QED) is 0.738. The van der Waals surface area contributed by atoms with Crippen LogP contribution >= 0.6 is 0 Å². The summed E-state index contributed by atoms with van der Waals surface area (Å²) in [4.78, 5) is 34.4. The molecule has 2 heterocycles. The molecular weight excluding hydrogens is 330 g/mol. The lowest BCUT2D eigenvalue weighted by Gasteiger charge is -2.11. The minimum atomic E-state index is -0.241. The van der Waals surface area contributed by atoms with Crippen LogP contribution in [0.15, 0.2) is 55.0 Å². The molecule has 2 aromatic heterocycles. The molecule has 0 aliphatic heterocycles. The second kappa shape index (κ2) is 7.71. The Hall–Kier alpha value is -3.32. The van der Waals surface area contributed by atoms with Crippen molar-refractivity contribution < 1.29 is 9.59 Å². The van der Waals surface area contributed by atoms with Crippen molar-refractivity contribution in [2.75, 3.05) is 31.3 Å². The van der Waals surface area contributed by atoms with Crippen molar-refractivity contribution in [1.29, 1.82) is 0 Å². The van der Waals surface area contributed by atoms with Crippen LogP contribution in [0.1, 0.15) is 10.4 Å². The first kappa shape index (κ1) is 17.5. The topological polar surface area (TPSA) is 87.2 Å². The maximum absolute atomic E-state index is 12.6. The lowest BCUT2D eigenvalue weighted by atomic mass is 10.1. The number of carbonyl (C=O) groups is 2. The monoisotopic (exact) mass is 349 g/mol. The number of fused-ring (bicyclic) bond motifs is 1. The summed E-state index contributed by atoms with van der Waals surface area (Å²) in [5.41, 5.74) is 2.53. The summed E-state index contributed by atoms with van der Waals surface area (Å²) >= 11 is 0. The average Bonchev–Trinajstić information content (AvgIpc) is 2.62. The van der Waals surface area contributed by atoms with Crippen molar-refractivity contribution in [2.45, 2.75) is 0 Å². The molecule has 1 aromatic carbocycles. The fraction of sp³-hybridized carbons (Fsp3) is 0.158. The Morgan fingerprint density at radius 2 is 1.65 bits per heavy atom. The normalized spacial score (nSPS) is 10.7. The smallest absolute Gasteiger partial charge is 0.256 e. The Morgan fingerprint density at radius 3 is 2.35 bits per heavy atom. The highest BCUT2D eigenvalue weighted by Gasteiger charge is 2.11. The third-order valence-electron chi connectivity index (χ3n) is 3.67. The van der Waals surface area contributed by atoms with Gasteiger partial charge in [0.1, 0.15) is 0 Å². The van der Waals surface area contributed by atoms with Gasteiger partial charge in [0, 0.05) is 35.4 Å². The first-order valence-corrected chi connectivity index (χ1v) is 8.07. The van der Waals surface area contributed by atoms with Crippen LogP contribution in [-0.2, 0) is 4.79 Å². The number of aromatic nitrogens is 2. The number of benzene rings is 1. The van der Waals surface area contributed by atoms with Gasteiger partial charge in [-0.05, 0) is 50.5 Å². The predicted molar refractivity (Wildman–Crippen MR) is 101 cm³/mol. The van der Waals surface area contributed by atoms with Crippen LogP contribution < -0.4 is 10.6 Å². The average molecular weight is 349 g/mol. The molecule has 132 valence electrons. The minimum absolute atomic E-state index is 0.0949. The van der Waals surface area contributed by atoms with Crippen molar-refractivity contribution >= 4 is 34.1 Å². The molecule has 3 aromatic rings. The first-order chi connectivity index (χ1) is 12.5. The molecule has 0 saturated carbocycles. The van der Waals surface area contributed by atoms with E-state index in [0.29, 0.717) is 34.4 Å². The van der Waals surface area contributed by atoms with E-state index in [4.69, 9.17) is 0 Å². The molecule has 0 fully saturated rings. The molecule has 2 amide bonds. The van der Waals surface area contributed by atoms with Crippen LogP contribution in [0, 0.1) is 0 Å². The maximum atomic E-state index is 12.6. The van der Waals surface area contributed by atoms with Crippen molar-refractivity contribution in [3.8, 4) is 0 Å². The van der Waals surface area contributed by atoms with E-state index >= 15 is 0 Å². The standard InChI is InChI=1S/C19H19N5O2/c1-24(2)12-18(25)22-13-3-5-14(6-4-13)23-19(26)15-7-10-21-17-8-9-20-11-16(15)17/h3-11H,12H2,1-2H3,(H,22,25)(H,23,26). The summed E-state index contributed by atoms with van der Waals surface area (Å²) in [5, 5.41) is 6.34. The zero-order chi connectivity index (χ0) is 18.5. The number of pyridine rings is 2. The van der Waals surface area contributed by atoms with Gasteiger partial charge < -0.3 is 15.5 Å². The summed E-state index contributed by atoms with van der Waals surface area (Å²) in [7, 11) is 3.66. The molecule has 0 radical (unpaired) electrons. The van der Waals surface area contributed by atoms with E-state index in [2.05, 4.69) is 20.6 Å². The van der Waals surface area contributed by atoms with Gasteiger partial charge in [0.25, 0.3) is 5.91 Å². The van der Waals surface area contributed by atoms with Crippen molar-refractivity contribution in [2.24, 2.45) is 0 Å². The lowest BCUT2D eigenvalue weighted by Crippen LogP contribution is -2.27. The Bertz CT molecular complexity index is 933. The number of hydrogen-bond acceptors (Lipinski definition) is 5. The van der Waals surface area contributed by atoms with E-state index in [0.717, 1.165) is 0 Å². The predicted octanol–water partition coefficient (Wildman–Crippen LogP) is 2.38. The van der Waals surface area contributed by atoms with Gasteiger partial charge in [0.05, 0.1) is 17.6 Å². The Balaban J connectivity index is 1.70. The van der Waals surface area contributed by atoms with E-state index < -0.39 is 0 Å². The van der Waals surface area contributed by atoms with Crippen LogP contribution in [0.3, 0.4) is 0 Å². The van der Waals surface area contributed by atoms with E-state index in [1.165, 1.54) is 0 Å². The van der Waals surface area contributed by atoms with E-state index in [1.807, 2.05) is 14.1 Å². The highest BCUT2D eigenvalue weighted by atomic mass is 16.2. The molecule has 0 atom stereocenters. The van der Waals surface area contributed by atoms with Gasteiger partial charge in [0.15, 0.2) is 0 Å². The number of carbonyl (C=O) groups excluding carboxylic acids is 2. The molecule has 0 aliphatic rings. The number of nitrogens with zero attached hydrogens (tertiary/aromatic N) is 3. The van der Waals surface area contributed by atoms with E-state index in [-0.39, 0.29) is 11.8 Å². The molecule has 2 N–H and O–H groups in total. The van der Waals surface area contributed by atoms with Crippen LogP contribution in [0.4, 0.5) is 11.4 Å². The molecule has 7 nitrogen and oxygen atoms in total. The fourth-order valence-electron chi connectivity index (χ4n) is 2.51. The number of amides is 2. The summed E-state index contributed by atoms with van der Waals surface area (Å²) in [6.07, 6.45) is 4.86. The number of rotatable bonds is 5. The zero-order valence-corrected chi connectivity index (χ0v) is 14.6. The summed E-state index contributed by atoms with van der Waals surface area (Å²) in [5.74, 6) is -0.336. The van der Waals surface area contributed by atoms with Crippen LogP contribution in [0.25, 0.3) is 10.9 Å². The second-order valence-electron chi connectivity index (χ2n) is 6.07. The number of nitrogens with one attached hydrogen (secondary N) is 2. The Morgan fingerprint density at radius 1 is 0.962 bits per heavy atom. The van der Waals surface area contributed by atoms with Gasteiger partial charge in [-0.1, -0.05) is 0 Å². The second-order valence-corrected chi connectivity index (χ2v) is 6.07. The zero-order valence-electron chi connectivity index (χ0n) is 14.6. The molecule has 26 heavy (non-hydrogen) atoms. The summed E-state index contributed by atoms with van der Waals surface area (Å²) in [6, 6.07) is 10.4. The van der Waals surface area contributed by atoms with E-state index in [1.54, 1.807) is 59.9 Å². The molecule has 7 heteroatoms. The van der Waals surface area contributed by atoms with Crippen molar-refractivity contribution in [3.05, 3.63) is 60.6 Å². The molecule has 3 rings (SSSR count). The van der Waals surface area contributed by atoms with Gasteiger partial charge >= 0.3 is 0 Å². The first-order valence-electron chi connectivity index (χ1n) is 8.07. The molecule has 0 bridgehead atoms.